The van der Waals surface area contributed by atoms with Crippen molar-refractivity contribution in [3.05, 3.63) is 47.6 Å². The topological polar surface area (TPSA) is 79.2 Å². The van der Waals surface area contributed by atoms with Crippen LogP contribution in [0.4, 0.5) is 15.6 Å². The Morgan fingerprint density at radius 1 is 1.08 bits per heavy atom. The van der Waals surface area contributed by atoms with E-state index in [1.54, 1.807) is 4.68 Å². The van der Waals surface area contributed by atoms with Crippen molar-refractivity contribution in [1.29, 1.82) is 0 Å². The first-order valence-corrected chi connectivity index (χ1v) is 9.28. The number of piperazine rings is 1. The monoisotopic (exact) mass is 369 g/mol. The van der Waals surface area contributed by atoms with Crippen LogP contribution in [-0.4, -0.2) is 57.1 Å². The lowest BCUT2D eigenvalue weighted by Crippen LogP contribution is -2.50. The molecular formula is C17H19N7OS. The third-order valence-electron chi connectivity index (χ3n) is 4.24. The number of carbonyl (C=O) groups excluding carboxylic acids is 1. The van der Waals surface area contributed by atoms with Crippen molar-refractivity contribution in [2.75, 3.05) is 36.4 Å². The van der Waals surface area contributed by atoms with Gasteiger partial charge in [-0.05, 0) is 42.6 Å². The van der Waals surface area contributed by atoms with E-state index in [0.29, 0.717) is 18.9 Å². The molecule has 0 radical (unpaired) electrons. The minimum absolute atomic E-state index is 0.0532. The van der Waals surface area contributed by atoms with Gasteiger partial charge in [-0.1, -0.05) is 0 Å². The van der Waals surface area contributed by atoms with E-state index in [1.165, 1.54) is 11.3 Å². The van der Waals surface area contributed by atoms with Crippen molar-refractivity contribution >= 4 is 28.2 Å². The van der Waals surface area contributed by atoms with Gasteiger partial charge in [0.1, 0.15) is 0 Å². The highest BCUT2D eigenvalue weighted by atomic mass is 32.1. The van der Waals surface area contributed by atoms with Crippen LogP contribution in [0.2, 0.25) is 0 Å². The molecule has 8 nitrogen and oxygen atoms in total. The molecule has 26 heavy (non-hydrogen) atoms. The van der Waals surface area contributed by atoms with Gasteiger partial charge in [-0.25, -0.2) is 9.48 Å². The highest BCUT2D eigenvalue weighted by molar-refractivity contribution is 7.14. The normalized spacial score (nSPS) is 14.5. The fraction of sp³-hybridized carbons (Fsp3) is 0.294. The second-order valence-electron chi connectivity index (χ2n) is 6.03. The van der Waals surface area contributed by atoms with E-state index in [0.717, 1.165) is 29.6 Å². The van der Waals surface area contributed by atoms with Gasteiger partial charge in [-0.2, -0.15) is 5.10 Å². The maximum absolute atomic E-state index is 12.3. The Bertz CT molecular complexity index is 867. The fourth-order valence-electron chi connectivity index (χ4n) is 2.82. The molecule has 1 N–H and O–H groups in total. The van der Waals surface area contributed by atoms with E-state index in [1.807, 2.05) is 53.7 Å². The summed E-state index contributed by atoms with van der Waals surface area (Å²) in [5.74, 6) is 1.51. The molecule has 0 unspecified atom stereocenters. The first-order chi connectivity index (χ1) is 12.7. The van der Waals surface area contributed by atoms with Crippen LogP contribution in [0.5, 0.6) is 0 Å². The number of amides is 2. The number of aromatic nitrogens is 4. The molecule has 1 saturated heterocycles. The SMILES string of the molecule is Cc1ccn(-c2ccc(N3CCN(C(=O)Nc4cccs4)CC3)nn2)n1. The first kappa shape index (κ1) is 16.5. The number of thiophene rings is 1. The van der Waals surface area contributed by atoms with Crippen LogP contribution in [0.15, 0.2) is 41.9 Å². The number of nitrogens with one attached hydrogen (secondary N) is 1. The van der Waals surface area contributed by atoms with E-state index in [4.69, 9.17) is 0 Å². The van der Waals surface area contributed by atoms with E-state index in [9.17, 15) is 4.79 Å². The zero-order valence-corrected chi connectivity index (χ0v) is 15.2. The molecule has 3 aromatic rings. The number of anilines is 2. The molecule has 0 bridgehead atoms. The molecule has 0 saturated carbocycles. The lowest BCUT2D eigenvalue weighted by molar-refractivity contribution is 0.208. The molecular weight excluding hydrogens is 350 g/mol. The van der Waals surface area contributed by atoms with Crippen molar-refractivity contribution in [3.8, 4) is 5.82 Å². The quantitative estimate of drug-likeness (QED) is 0.767. The van der Waals surface area contributed by atoms with Gasteiger partial charge in [0.05, 0.1) is 10.7 Å². The van der Waals surface area contributed by atoms with E-state index in [2.05, 4.69) is 25.5 Å². The molecule has 1 aliphatic heterocycles. The van der Waals surface area contributed by atoms with Crippen LogP contribution in [0.3, 0.4) is 0 Å². The van der Waals surface area contributed by atoms with Gasteiger partial charge in [0.25, 0.3) is 0 Å². The van der Waals surface area contributed by atoms with Crippen molar-refractivity contribution < 1.29 is 4.79 Å². The molecule has 4 heterocycles. The summed E-state index contributed by atoms with van der Waals surface area (Å²) in [5.41, 5.74) is 0.938. The van der Waals surface area contributed by atoms with Crippen molar-refractivity contribution in [2.24, 2.45) is 0 Å². The van der Waals surface area contributed by atoms with Crippen LogP contribution in [-0.2, 0) is 0 Å². The van der Waals surface area contributed by atoms with Crippen molar-refractivity contribution in [1.82, 2.24) is 24.9 Å². The number of rotatable bonds is 3. The number of hydrogen-bond donors (Lipinski definition) is 1. The van der Waals surface area contributed by atoms with Gasteiger partial charge in [0.15, 0.2) is 11.6 Å². The smallest absolute Gasteiger partial charge is 0.322 e. The van der Waals surface area contributed by atoms with E-state index >= 15 is 0 Å². The summed E-state index contributed by atoms with van der Waals surface area (Å²) in [6.07, 6.45) is 1.87. The van der Waals surface area contributed by atoms with Crippen LogP contribution in [0, 0.1) is 6.92 Å². The Morgan fingerprint density at radius 2 is 1.85 bits per heavy atom. The number of aryl methyl sites for hydroxylation is 1. The Morgan fingerprint density at radius 3 is 2.46 bits per heavy atom. The molecule has 4 rings (SSSR count). The van der Waals surface area contributed by atoms with Gasteiger partial charge >= 0.3 is 6.03 Å². The first-order valence-electron chi connectivity index (χ1n) is 8.40. The predicted molar refractivity (Wildman–Crippen MR) is 101 cm³/mol. The standard InChI is InChI=1S/C17H19N7OS/c1-13-6-7-24(21-13)15-5-4-14(19-20-15)22-8-10-23(11-9-22)17(25)18-16-3-2-12-26-16/h2-7,12H,8-11H2,1H3,(H,18,25). The number of nitrogens with zero attached hydrogens (tertiary/aromatic N) is 6. The molecule has 0 spiro atoms. The molecule has 0 atom stereocenters. The number of carbonyl (C=O) groups is 1. The van der Waals surface area contributed by atoms with Gasteiger partial charge in [-0.15, -0.1) is 21.5 Å². The number of hydrogen-bond acceptors (Lipinski definition) is 6. The van der Waals surface area contributed by atoms with Crippen LogP contribution in [0.1, 0.15) is 5.69 Å². The molecule has 9 heteroatoms. The van der Waals surface area contributed by atoms with Crippen LogP contribution >= 0.6 is 11.3 Å². The van der Waals surface area contributed by atoms with Gasteiger partial charge in [0, 0.05) is 32.4 Å². The molecule has 2 amide bonds. The second-order valence-corrected chi connectivity index (χ2v) is 6.98. The maximum atomic E-state index is 12.3. The minimum Gasteiger partial charge on any atom is -0.352 e. The van der Waals surface area contributed by atoms with Crippen LogP contribution < -0.4 is 10.2 Å². The van der Waals surface area contributed by atoms with Gasteiger partial charge in [0.2, 0.25) is 0 Å². The summed E-state index contributed by atoms with van der Waals surface area (Å²) in [7, 11) is 0. The fourth-order valence-corrected chi connectivity index (χ4v) is 3.43. The lowest BCUT2D eigenvalue weighted by Gasteiger charge is -2.35. The molecule has 1 fully saturated rings. The second kappa shape index (κ2) is 7.12. The van der Waals surface area contributed by atoms with Crippen molar-refractivity contribution in [3.63, 3.8) is 0 Å². The summed E-state index contributed by atoms with van der Waals surface area (Å²) in [6.45, 7) is 4.70. The zero-order chi connectivity index (χ0) is 17.9. The Balaban J connectivity index is 1.35. The third kappa shape index (κ3) is 3.52. The average molecular weight is 369 g/mol. The summed E-state index contributed by atoms with van der Waals surface area (Å²) in [4.78, 5) is 16.2. The van der Waals surface area contributed by atoms with Crippen molar-refractivity contribution in [2.45, 2.75) is 6.92 Å². The molecule has 1 aliphatic rings. The Kier molecular flexibility index (Phi) is 4.53. The summed E-state index contributed by atoms with van der Waals surface area (Å²) >= 11 is 1.52. The summed E-state index contributed by atoms with van der Waals surface area (Å²) < 4.78 is 1.71. The van der Waals surface area contributed by atoms with Gasteiger partial charge < -0.3 is 9.80 Å². The summed E-state index contributed by atoms with van der Waals surface area (Å²) in [5, 5.41) is 18.6. The van der Waals surface area contributed by atoms with E-state index < -0.39 is 0 Å². The van der Waals surface area contributed by atoms with Crippen LogP contribution in [0.25, 0.3) is 5.82 Å². The predicted octanol–water partition coefficient (Wildman–Crippen LogP) is 2.39. The summed E-state index contributed by atoms with van der Waals surface area (Å²) in [6, 6.07) is 9.55. The Hall–Kier alpha value is -2.94. The lowest BCUT2D eigenvalue weighted by atomic mass is 10.3. The highest BCUT2D eigenvalue weighted by Crippen LogP contribution is 2.17. The third-order valence-corrected chi connectivity index (χ3v) is 5.02. The van der Waals surface area contributed by atoms with Gasteiger partial charge in [-0.3, -0.25) is 5.32 Å². The Labute approximate surface area is 155 Å². The average Bonchev–Trinajstić information content (AvgIpc) is 3.34. The molecule has 134 valence electrons. The van der Waals surface area contributed by atoms with E-state index in [-0.39, 0.29) is 6.03 Å². The highest BCUT2D eigenvalue weighted by Gasteiger charge is 2.22. The maximum Gasteiger partial charge on any atom is 0.322 e. The number of urea groups is 1. The largest absolute Gasteiger partial charge is 0.352 e. The minimum atomic E-state index is -0.0532. The zero-order valence-electron chi connectivity index (χ0n) is 14.4. The molecule has 0 aliphatic carbocycles. The molecule has 3 aromatic heterocycles. The molecule has 0 aromatic carbocycles.